The average molecular weight is 376 g/mol. The van der Waals surface area contributed by atoms with Gasteiger partial charge >= 0.3 is 0 Å². The second-order valence-electron chi connectivity index (χ2n) is 6.43. The zero-order chi connectivity index (χ0) is 18.4. The third-order valence-electron chi connectivity index (χ3n) is 4.75. The number of aliphatic hydroxyl groups excluding tert-OH is 1. The lowest BCUT2D eigenvalue weighted by Gasteiger charge is -2.42. The predicted octanol–water partition coefficient (Wildman–Crippen LogP) is 3.21. The van der Waals surface area contributed by atoms with E-state index in [0.29, 0.717) is 11.6 Å². The van der Waals surface area contributed by atoms with E-state index in [0.717, 1.165) is 44.2 Å². The molecule has 1 unspecified atom stereocenters. The van der Waals surface area contributed by atoms with Gasteiger partial charge in [0.15, 0.2) is 0 Å². The van der Waals surface area contributed by atoms with Crippen molar-refractivity contribution < 1.29 is 9.84 Å². The van der Waals surface area contributed by atoms with E-state index >= 15 is 0 Å². The van der Waals surface area contributed by atoms with Crippen molar-refractivity contribution in [2.75, 3.05) is 37.7 Å². The van der Waals surface area contributed by atoms with Crippen molar-refractivity contribution in [3.05, 3.63) is 53.2 Å². The van der Waals surface area contributed by atoms with E-state index in [1.165, 1.54) is 5.56 Å². The Morgan fingerprint density at radius 3 is 2.85 bits per heavy atom. The molecular weight excluding hydrogens is 350 g/mol. The first-order valence-corrected chi connectivity index (χ1v) is 9.51. The van der Waals surface area contributed by atoms with E-state index in [9.17, 15) is 5.11 Å². The number of pyridine rings is 1. The fraction of sp³-hybridized carbons (Fsp3) is 0.450. The van der Waals surface area contributed by atoms with Gasteiger partial charge in [-0.25, -0.2) is 4.98 Å². The number of aliphatic hydroxyl groups is 1. The monoisotopic (exact) mass is 375 g/mol. The number of benzene rings is 1. The minimum absolute atomic E-state index is 0.165. The van der Waals surface area contributed by atoms with E-state index < -0.39 is 0 Å². The van der Waals surface area contributed by atoms with Crippen molar-refractivity contribution in [1.29, 1.82) is 0 Å². The van der Waals surface area contributed by atoms with Crippen LogP contribution in [-0.2, 0) is 6.54 Å². The number of nitrogens with zero attached hydrogens (tertiary/aromatic N) is 3. The van der Waals surface area contributed by atoms with Crippen molar-refractivity contribution in [2.45, 2.75) is 25.9 Å². The number of hydrogen-bond acceptors (Lipinski definition) is 5. The lowest BCUT2D eigenvalue weighted by Crippen LogP contribution is -2.53. The highest BCUT2D eigenvalue weighted by atomic mass is 35.5. The van der Waals surface area contributed by atoms with Gasteiger partial charge in [-0.2, -0.15) is 0 Å². The van der Waals surface area contributed by atoms with Gasteiger partial charge in [-0.1, -0.05) is 29.8 Å². The van der Waals surface area contributed by atoms with Crippen LogP contribution < -0.4 is 9.64 Å². The molecule has 0 aliphatic carbocycles. The molecule has 6 heteroatoms. The molecule has 0 spiro atoms. The Morgan fingerprint density at radius 1 is 1.23 bits per heavy atom. The third kappa shape index (κ3) is 4.47. The molecule has 0 saturated carbocycles. The molecular formula is C20H26ClN3O2. The SMILES string of the molecule is CCOc1ccccc1CN1CCN(c2ncccc2Cl)CC1CCO. The number of anilines is 1. The summed E-state index contributed by atoms with van der Waals surface area (Å²) in [6.07, 6.45) is 2.49. The van der Waals surface area contributed by atoms with Crippen LogP contribution in [0.25, 0.3) is 0 Å². The number of ether oxygens (including phenoxy) is 1. The molecule has 140 valence electrons. The van der Waals surface area contributed by atoms with Gasteiger partial charge < -0.3 is 14.7 Å². The molecule has 1 aliphatic heterocycles. The minimum atomic E-state index is 0.165. The molecule has 1 atom stereocenters. The summed E-state index contributed by atoms with van der Waals surface area (Å²) in [6.45, 7) is 6.17. The van der Waals surface area contributed by atoms with Gasteiger partial charge in [0, 0.05) is 50.6 Å². The van der Waals surface area contributed by atoms with Crippen molar-refractivity contribution in [1.82, 2.24) is 9.88 Å². The molecule has 3 rings (SSSR count). The lowest BCUT2D eigenvalue weighted by molar-refractivity contribution is 0.134. The molecule has 0 bridgehead atoms. The Bertz CT molecular complexity index is 713. The molecule has 1 aromatic carbocycles. The summed E-state index contributed by atoms with van der Waals surface area (Å²) in [5.41, 5.74) is 1.18. The second kappa shape index (κ2) is 9.21. The number of hydrogen-bond donors (Lipinski definition) is 1. The van der Waals surface area contributed by atoms with Crippen molar-refractivity contribution >= 4 is 17.4 Å². The molecule has 1 aliphatic rings. The van der Waals surface area contributed by atoms with Gasteiger partial charge in [-0.3, -0.25) is 4.90 Å². The summed E-state index contributed by atoms with van der Waals surface area (Å²) in [4.78, 5) is 9.07. The van der Waals surface area contributed by atoms with Crippen molar-refractivity contribution in [3.63, 3.8) is 0 Å². The third-order valence-corrected chi connectivity index (χ3v) is 5.05. The standard InChI is InChI=1S/C20H26ClN3O2/c1-2-26-19-8-4-3-6-16(19)14-23-11-12-24(15-17(23)9-13-25)20-18(21)7-5-10-22-20/h3-8,10,17,25H,2,9,11-15H2,1H3. The Hall–Kier alpha value is -1.82. The molecule has 2 aromatic rings. The molecule has 1 saturated heterocycles. The van der Waals surface area contributed by atoms with Crippen molar-refractivity contribution in [2.24, 2.45) is 0 Å². The lowest BCUT2D eigenvalue weighted by atomic mass is 10.1. The summed E-state index contributed by atoms with van der Waals surface area (Å²) in [5, 5.41) is 10.2. The first-order chi connectivity index (χ1) is 12.7. The quantitative estimate of drug-likeness (QED) is 0.805. The van der Waals surface area contributed by atoms with Crippen LogP contribution >= 0.6 is 11.6 Å². The fourth-order valence-corrected chi connectivity index (χ4v) is 3.72. The van der Waals surface area contributed by atoms with E-state index in [1.807, 2.05) is 37.3 Å². The fourth-order valence-electron chi connectivity index (χ4n) is 3.48. The Labute approximate surface area is 160 Å². The average Bonchev–Trinajstić information content (AvgIpc) is 2.65. The Morgan fingerprint density at radius 2 is 2.08 bits per heavy atom. The summed E-state index contributed by atoms with van der Waals surface area (Å²) < 4.78 is 5.77. The highest BCUT2D eigenvalue weighted by Gasteiger charge is 2.28. The van der Waals surface area contributed by atoms with Gasteiger partial charge in [0.2, 0.25) is 0 Å². The zero-order valence-corrected chi connectivity index (χ0v) is 15.9. The molecule has 26 heavy (non-hydrogen) atoms. The number of para-hydroxylation sites is 1. The maximum Gasteiger partial charge on any atom is 0.147 e. The van der Waals surface area contributed by atoms with Crippen LogP contribution in [0.4, 0.5) is 5.82 Å². The smallest absolute Gasteiger partial charge is 0.147 e. The first kappa shape index (κ1) is 19.0. The Balaban J connectivity index is 1.74. The number of piperazine rings is 1. The molecule has 2 heterocycles. The molecule has 1 N–H and O–H groups in total. The largest absolute Gasteiger partial charge is 0.494 e. The molecule has 1 fully saturated rings. The van der Waals surface area contributed by atoms with Crippen LogP contribution in [-0.4, -0.2) is 53.9 Å². The van der Waals surface area contributed by atoms with Gasteiger partial charge in [-0.15, -0.1) is 0 Å². The zero-order valence-electron chi connectivity index (χ0n) is 15.1. The summed E-state index contributed by atoms with van der Waals surface area (Å²) in [6, 6.07) is 12.1. The van der Waals surface area contributed by atoms with Crippen molar-refractivity contribution in [3.8, 4) is 5.75 Å². The summed E-state index contributed by atoms with van der Waals surface area (Å²) >= 11 is 6.32. The van der Waals surface area contributed by atoms with Crippen LogP contribution in [0.5, 0.6) is 5.75 Å². The van der Waals surface area contributed by atoms with Crippen LogP contribution in [0.1, 0.15) is 18.9 Å². The van der Waals surface area contributed by atoms with Crippen LogP contribution in [0, 0.1) is 0 Å². The van der Waals surface area contributed by atoms with Gasteiger partial charge in [-0.05, 0) is 31.5 Å². The maximum atomic E-state index is 9.54. The highest BCUT2D eigenvalue weighted by Crippen LogP contribution is 2.28. The van der Waals surface area contributed by atoms with E-state index in [-0.39, 0.29) is 12.6 Å². The molecule has 0 radical (unpaired) electrons. The van der Waals surface area contributed by atoms with E-state index in [4.69, 9.17) is 16.3 Å². The molecule has 5 nitrogen and oxygen atoms in total. The minimum Gasteiger partial charge on any atom is -0.494 e. The van der Waals surface area contributed by atoms with Gasteiger partial charge in [0.1, 0.15) is 11.6 Å². The highest BCUT2D eigenvalue weighted by molar-refractivity contribution is 6.32. The number of aromatic nitrogens is 1. The number of rotatable bonds is 7. The van der Waals surface area contributed by atoms with Gasteiger partial charge in [0.25, 0.3) is 0 Å². The maximum absolute atomic E-state index is 9.54. The predicted molar refractivity (Wildman–Crippen MR) is 105 cm³/mol. The topological polar surface area (TPSA) is 48.8 Å². The number of halogens is 1. The Kier molecular flexibility index (Phi) is 6.72. The molecule has 1 aromatic heterocycles. The van der Waals surface area contributed by atoms with Crippen LogP contribution in [0.3, 0.4) is 0 Å². The summed E-state index contributed by atoms with van der Waals surface area (Å²) in [7, 11) is 0. The molecule has 0 amide bonds. The van der Waals surface area contributed by atoms with E-state index in [1.54, 1.807) is 6.20 Å². The van der Waals surface area contributed by atoms with E-state index in [2.05, 4.69) is 20.9 Å². The normalized spacial score (nSPS) is 18.1. The van der Waals surface area contributed by atoms with Gasteiger partial charge in [0.05, 0.1) is 11.6 Å². The first-order valence-electron chi connectivity index (χ1n) is 9.14. The van der Waals surface area contributed by atoms with Crippen LogP contribution in [0.15, 0.2) is 42.6 Å². The van der Waals surface area contributed by atoms with Crippen LogP contribution in [0.2, 0.25) is 5.02 Å². The second-order valence-corrected chi connectivity index (χ2v) is 6.84. The summed E-state index contributed by atoms with van der Waals surface area (Å²) in [5.74, 6) is 1.76.